The van der Waals surface area contributed by atoms with E-state index in [1.54, 1.807) is 38.1 Å². The number of nitrogens with one attached hydrogen (secondary N) is 1. The summed E-state index contributed by atoms with van der Waals surface area (Å²) in [5, 5.41) is 11.6. The number of benzene rings is 1. The summed E-state index contributed by atoms with van der Waals surface area (Å²) in [6.45, 7) is 4.00. The molecule has 0 atom stereocenters. The van der Waals surface area contributed by atoms with Crippen molar-refractivity contribution in [3.8, 4) is 0 Å². The molecule has 0 aliphatic carbocycles. The zero-order valence-corrected chi connectivity index (χ0v) is 12.5. The minimum Gasteiger partial charge on any atom is -0.478 e. The minimum absolute atomic E-state index is 0.209. The van der Waals surface area contributed by atoms with E-state index < -0.39 is 5.97 Å². The minimum atomic E-state index is -0.949. The van der Waals surface area contributed by atoms with Crippen molar-refractivity contribution >= 4 is 11.9 Å². The number of aromatic nitrogens is 2. The molecule has 1 aromatic carbocycles. The van der Waals surface area contributed by atoms with Gasteiger partial charge in [-0.1, -0.05) is 12.1 Å². The molecule has 6 nitrogen and oxygen atoms in total. The van der Waals surface area contributed by atoms with Gasteiger partial charge in [-0.2, -0.15) is 0 Å². The number of aryl methyl sites for hydroxylation is 2. The van der Waals surface area contributed by atoms with Crippen molar-refractivity contribution in [2.45, 2.75) is 20.3 Å². The van der Waals surface area contributed by atoms with Crippen LogP contribution in [0.25, 0.3) is 0 Å². The van der Waals surface area contributed by atoms with Crippen molar-refractivity contribution in [1.82, 2.24) is 15.3 Å². The highest BCUT2D eigenvalue weighted by Gasteiger charge is 2.10. The maximum atomic E-state index is 12.0. The van der Waals surface area contributed by atoms with Crippen molar-refractivity contribution in [3.63, 3.8) is 0 Å². The molecular weight excluding hydrogens is 282 g/mol. The SMILES string of the molecule is Cc1ncc(C(=O)NCCc2ccc(C(=O)O)cc2)c(C)n1. The monoisotopic (exact) mass is 299 g/mol. The zero-order chi connectivity index (χ0) is 16.1. The highest BCUT2D eigenvalue weighted by Crippen LogP contribution is 2.06. The number of aromatic carboxylic acids is 1. The molecule has 0 spiro atoms. The molecule has 0 aliphatic heterocycles. The third-order valence-corrected chi connectivity index (χ3v) is 3.24. The Labute approximate surface area is 128 Å². The third-order valence-electron chi connectivity index (χ3n) is 3.24. The Balaban J connectivity index is 1.90. The summed E-state index contributed by atoms with van der Waals surface area (Å²) >= 11 is 0. The quantitative estimate of drug-likeness (QED) is 0.877. The average Bonchev–Trinajstić information content (AvgIpc) is 2.47. The maximum Gasteiger partial charge on any atom is 0.335 e. The number of amides is 1. The molecule has 22 heavy (non-hydrogen) atoms. The molecule has 6 heteroatoms. The Hall–Kier alpha value is -2.76. The van der Waals surface area contributed by atoms with Gasteiger partial charge in [0.05, 0.1) is 16.8 Å². The third kappa shape index (κ3) is 3.88. The number of carbonyl (C=O) groups excluding carboxylic acids is 1. The van der Waals surface area contributed by atoms with Gasteiger partial charge in [0.1, 0.15) is 5.82 Å². The van der Waals surface area contributed by atoms with Crippen LogP contribution in [-0.4, -0.2) is 33.5 Å². The number of carboxylic acid groups (broad SMARTS) is 1. The zero-order valence-electron chi connectivity index (χ0n) is 12.5. The predicted octanol–water partition coefficient (Wildman–Crippen LogP) is 1.76. The van der Waals surface area contributed by atoms with Crippen molar-refractivity contribution in [1.29, 1.82) is 0 Å². The lowest BCUT2D eigenvalue weighted by Crippen LogP contribution is -2.27. The Morgan fingerprint density at radius 3 is 2.45 bits per heavy atom. The van der Waals surface area contributed by atoms with Crippen molar-refractivity contribution in [3.05, 3.63) is 58.7 Å². The van der Waals surface area contributed by atoms with Crippen LogP contribution < -0.4 is 5.32 Å². The van der Waals surface area contributed by atoms with E-state index in [0.29, 0.717) is 30.0 Å². The Kier molecular flexibility index (Phi) is 4.83. The summed E-state index contributed by atoms with van der Waals surface area (Å²) in [6, 6.07) is 6.60. The van der Waals surface area contributed by atoms with E-state index in [4.69, 9.17) is 5.11 Å². The molecule has 0 unspecified atom stereocenters. The van der Waals surface area contributed by atoms with Crippen LogP contribution >= 0.6 is 0 Å². The number of hydrogen-bond acceptors (Lipinski definition) is 4. The van der Waals surface area contributed by atoms with Gasteiger partial charge in [-0.15, -0.1) is 0 Å². The van der Waals surface area contributed by atoms with Crippen LogP contribution in [0, 0.1) is 13.8 Å². The summed E-state index contributed by atoms with van der Waals surface area (Å²) in [5.41, 5.74) is 2.32. The Bertz CT molecular complexity index is 696. The Morgan fingerprint density at radius 2 is 1.86 bits per heavy atom. The molecule has 1 aromatic heterocycles. The van der Waals surface area contributed by atoms with Gasteiger partial charge in [-0.05, 0) is 38.0 Å². The second-order valence-electron chi connectivity index (χ2n) is 4.92. The highest BCUT2D eigenvalue weighted by atomic mass is 16.4. The van der Waals surface area contributed by atoms with Gasteiger partial charge >= 0.3 is 5.97 Å². The molecule has 2 aromatic rings. The number of rotatable bonds is 5. The number of carboxylic acids is 1. The number of nitrogens with zero attached hydrogens (tertiary/aromatic N) is 2. The van der Waals surface area contributed by atoms with E-state index in [0.717, 1.165) is 5.56 Å². The van der Waals surface area contributed by atoms with Gasteiger partial charge in [-0.3, -0.25) is 4.79 Å². The summed E-state index contributed by atoms with van der Waals surface area (Å²) in [7, 11) is 0. The highest BCUT2D eigenvalue weighted by molar-refractivity contribution is 5.94. The molecule has 1 amide bonds. The molecule has 2 rings (SSSR count). The molecule has 0 fully saturated rings. The van der Waals surface area contributed by atoms with Crippen LogP contribution in [0.2, 0.25) is 0 Å². The smallest absolute Gasteiger partial charge is 0.335 e. The van der Waals surface area contributed by atoms with E-state index >= 15 is 0 Å². The van der Waals surface area contributed by atoms with Gasteiger partial charge in [-0.25, -0.2) is 14.8 Å². The first kappa shape index (κ1) is 15.6. The second-order valence-corrected chi connectivity index (χ2v) is 4.92. The average molecular weight is 299 g/mol. The van der Waals surface area contributed by atoms with Crippen molar-refractivity contribution < 1.29 is 14.7 Å². The van der Waals surface area contributed by atoms with E-state index in [9.17, 15) is 9.59 Å². The fourth-order valence-electron chi connectivity index (χ4n) is 2.04. The van der Waals surface area contributed by atoms with E-state index in [1.165, 1.54) is 6.20 Å². The fourth-order valence-corrected chi connectivity index (χ4v) is 2.04. The molecule has 2 N–H and O–H groups in total. The molecule has 114 valence electrons. The van der Waals surface area contributed by atoms with Gasteiger partial charge in [0, 0.05) is 12.7 Å². The molecular formula is C16H17N3O3. The van der Waals surface area contributed by atoms with E-state index in [2.05, 4.69) is 15.3 Å². The van der Waals surface area contributed by atoms with Crippen LogP contribution in [0.1, 0.15) is 37.8 Å². The van der Waals surface area contributed by atoms with Gasteiger partial charge in [0.15, 0.2) is 0 Å². The summed E-state index contributed by atoms with van der Waals surface area (Å²) < 4.78 is 0. The summed E-state index contributed by atoms with van der Waals surface area (Å²) in [6.07, 6.45) is 2.14. The van der Waals surface area contributed by atoms with Crippen molar-refractivity contribution in [2.24, 2.45) is 0 Å². The maximum absolute atomic E-state index is 12.0. The number of hydrogen-bond donors (Lipinski definition) is 2. The van der Waals surface area contributed by atoms with Crippen LogP contribution in [0.3, 0.4) is 0 Å². The largest absolute Gasteiger partial charge is 0.478 e. The second kappa shape index (κ2) is 6.80. The van der Waals surface area contributed by atoms with Crippen LogP contribution in [0.5, 0.6) is 0 Å². The molecule has 0 bridgehead atoms. The predicted molar refractivity (Wildman–Crippen MR) is 80.9 cm³/mol. The molecule has 1 heterocycles. The Morgan fingerprint density at radius 1 is 1.18 bits per heavy atom. The van der Waals surface area contributed by atoms with Crippen molar-refractivity contribution in [2.75, 3.05) is 6.54 Å². The van der Waals surface area contributed by atoms with E-state index in [-0.39, 0.29) is 11.5 Å². The van der Waals surface area contributed by atoms with Gasteiger partial charge in [0.25, 0.3) is 5.91 Å². The molecule has 0 radical (unpaired) electrons. The normalized spacial score (nSPS) is 10.3. The van der Waals surface area contributed by atoms with Crippen LogP contribution in [0.4, 0.5) is 0 Å². The number of carbonyl (C=O) groups is 2. The standard InChI is InChI=1S/C16H17N3O3/c1-10-14(9-18-11(2)19-10)15(20)17-8-7-12-3-5-13(6-4-12)16(21)22/h3-6,9H,7-8H2,1-2H3,(H,17,20)(H,21,22). The lowest BCUT2D eigenvalue weighted by molar-refractivity contribution is 0.0696. The first-order chi connectivity index (χ1) is 10.5. The molecule has 0 saturated heterocycles. The first-order valence-corrected chi connectivity index (χ1v) is 6.88. The molecule has 0 saturated carbocycles. The van der Waals surface area contributed by atoms with Crippen LogP contribution in [0.15, 0.2) is 30.5 Å². The van der Waals surface area contributed by atoms with Gasteiger partial charge < -0.3 is 10.4 Å². The topological polar surface area (TPSA) is 92.2 Å². The molecule has 0 aliphatic rings. The summed E-state index contributed by atoms with van der Waals surface area (Å²) in [5.74, 6) is -0.526. The van der Waals surface area contributed by atoms with E-state index in [1.807, 2.05) is 0 Å². The lowest BCUT2D eigenvalue weighted by atomic mass is 10.1. The fraction of sp³-hybridized carbons (Fsp3) is 0.250. The van der Waals surface area contributed by atoms with Gasteiger partial charge in [0.2, 0.25) is 0 Å². The first-order valence-electron chi connectivity index (χ1n) is 6.88. The lowest BCUT2D eigenvalue weighted by Gasteiger charge is -2.07. The van der Waals surface area contributed by atoms with Crippen LogP contribution in [-0.2, 0) is 6.42 Å². The summed E-state index contributed by atoms with van der Waals surface area (Å²) in [4.78, 5) is 31.0.